The van der Waals surface area contributed by atoms with Crippen LogP contribution in [0, 0.1) is 5.41 Å². The van der Waals surface area contributed by atoms with Gasteiger partial charge in [-0.25, -0.2) is 0 Å². The minimum atomic E-state index is -0.358. The predicted octanol–water partition coefficient (Wildman–Crippen LogP) is 1.19. The van der Waals surface area contributed by atoms with Crippen molar-refractivity contribution in [3.63, 3.8) is 0 Å². The van der Waals surface area contributed by atoms with E-state index in [1.807, 2.05) is 20.8 Å². The van der Waals surface area contributed by atoms with E-state index >= 15 is 0 Å². The molecule has 2 N–H and O–H groups in total. The molecule has 1 aliphatic rings. The third kappa shape index (κ3) is 1.89. The van der Waals surface area contributed by atoms with Gasteiger partial charge in [0.25, 0.3) is 6.01 Å². The molecule has 1 amide bonds. The van der Waals surface area contributed by atoms with Gasteiger partial charge in [0, 0.05) is 18.4 Å². The molecule has 2 heterocycles. The van der Waals surface area contributed by atoms with Crippen molar-refractivity contribution in [3.8, 4) is 0 Å². The lowest BCUT2D eigenvalue weighted by Gasteiger charge is -2.31. The first kappa shape index (κ1) is 11.0. The maximum absolute atomic E-state index is 12.1. The van der Waals surface area contributed by atoms with Gasteiger partial charge < -0.3 is 15.1 Å². The molecule has 2 rings (SSSR count). The molecule has 0 bridgehead atoms. The first-order valence-electron chi connectivity index (χ1n) is 5.41. The molecule has 0 saturated carbocycles. The molecule has 0 unspecified atom stereocenters. The zero-order valence-corrected chi connectivity index (χ0v) is 9.91. The monoisotopic (exact) mass is 223 g/mol. The van der Waals surface area contributed by atoms with Crippen LogP contribution in [-0.2, 0) is 17.8 Å². The summed E-state index contributed by atoms with van der Waals surface area (Å²) in [4.78, 5) is 17.9. The summed E-state index contributed by atoms with van der Waals surface area (Å²) in [7, 11) is 0. The standard InChI is InChI=1S/C11H17N3O2/c1-11(2,3)9(15)14-5-4-7-8(6-14)16-10(12)13-7/h4-6H2,1-3H3,(H2,12,13). The summed E-state index contributed by atoms with van der Waals surface area (Å²) in [5.74, 6) is 0.856. The Hall–Kier alpha value is -1.52. The van der Waals surface area contributed by atoms with E-state index in [9.17, 15) is 4.79 Å². The van der Waals surface area contributed by atoms with E-state index in [0.717, 1.165) is 17.9 Å². The number of nitrogens with two attached hydrogens (primary N) is 1. The molecule has 0 spiro atoms. The zero-order valence-electron chi connectivity index (χ0n) is 9.91. The van der Waals surface area contributed by atoms with Gasteiger partial charge in [-0.05, 0) is 0 Å². The van der Waals surface area contributed by atoms with E-state index in [-0.39, 0.29) is 17.3 Å². The Balaban J connectivity index is 2.17. The van der Waals surface area contributed by atoms with Crippen molar-refractivity contribution in [1.82, 2.24) is 9.88 Å². The van der Waals surface area contributed by atoms with Crippen LogP contribution in [0.2, 0.25) is 0 Å². The molecule has 16 heavy (non-hydrogen) atoms. The van der Waals surface area contributed by atoms with Crippen LogP contribution in [0.3, 0.4) is 0 Å². The lowest BCUT2D eigenvalue weighted by molar-refractivity contribution is -0.140. The van der Waals surface area contributed by atoms with Crippen molar-refractivity contribution in [2.45, 2.75) is 33.7 Å². The topological polar surface area (TPSA) is 72.4 Å². The fourth-order valence-corrected chi connectivity index (χ4v) is 1.86. The van der Waals surface area contributed by atoms with Gasteiger partial charge in [0.15, 0.2) is 0 Å². The molecule has 5 heteroatoms. The molecular formula is C11H17N3O2. The van der Waals surface area contributed by atoms with E-state index in [1.165, 1.54) is 0 Å². The molecule has 1 aliphatic heterocycles. The van der Waals surface area contributed by atoms with Crippen molar-refractivity contribution in [1.29, 1.82) is 0 Å². The Morgan fingerprint density at radius 1 is 1.50 bits per heavy atom. The van der Waals surface area contributed by atoms with Crippen LogP contribution >= 0.6 is 0 Å². The fourth-order valence-electron chi connectivity index (χ4n) is 1.86. The number of anilines is 1. The number of carbonyl (C=O) groups excluding carboxylic acids is 1. The minimum absolute atomic E-state index is 0.133. The second-order valence-corrected chi connectivity index (χ2v) is 5.15. The van der Waals surface area contributed by atoms with Gasteiger partial charge in [0.2, 0.25) is 5.91 Å². The van der Waals surface area contributed by atoms with Crippen molar-refractivity contribution >= 4 is 11.9 Å². The average molecular weight is 223 g/mol. The number of rotatable bonds is 0. The average Bonchev–Trinajstić information content (AvgIpc) is 2.54. The number of fused-ring (bicyclic) bond motifs is 1. The lowest BCUT2D eigenvalue weighted by Crippen LogP contribution is -2.42. The van der Waals surface area contributed by atoms with Crippen LogP contribution in [0.25, 0.3) is 0 Å². The van der Waals surface area contributed by atoms with Crippen molar-refractivity contribution in [2.75, 3.05) is 12.3 Å². The maximum atomic E-state index is 12.1. The molecule has 1 aromatic heterocycles. The number of hydrogen-bond acceptors (Lipinski definition) is 4. The number of aromatic nitrogens is 1. The zero-order chi connectivity index (χ0) is 11.9. The molecular weight excluding hydrogens is 206 g/mol. The normalized spacial score (nSPS) is 16.1. The summed E-state index contributed by atoms with van der Waals surface area (Å²) in [6, 6.07) is 0.190. The van der Waals surface area contributed by atoms with Gasteiger partial charge in [-0.15, -0.1) is 0 Å². The fraction of sp³-hybridized carbons (Fsp3) is 0.636. The second kappa shape index (κ2) is 3.50. The van der Waals surface area contributed by atoms with Gasteiger partial charge in [0.05, 0.1) is 12.2 Å². The predicted molar refractivity (Wildman–Crippen MR) is 59.5 cm³/mol. The van der Waals surface area contributed by atoms with E-state index in [4.69, 9.17) is 10.2 Å². The van der Waals surface area contributed by atoms with Crippen LogP contribution in [0.5, 0.6) is 0 Å². The molecule has 0 radical (unpaired) electrons. The third-order valence-corrected chi connectivity index (χ3v) is 2.68. The number of oxazole rings is 1. The Morgan fingerprint density at radius 2 is 2.19 bits per heavy atom. The Morgan fingerprint density at radius 3 is 2.81 bits per heavy atom. The third-order valence-electron chi connectivity index (χ3n) is 2.68. The Labute approximate surface area is 94.6 Å². The summed E-state index contributed by atoms with van der Waals surface area (Å²) in [5, 5.41) is 0. The highest BCUT2D eigenvalue weighted by Crippen LogP contribution is 2.25. The largest absolute Gasteiger partial charge is 0.427 e. The van der Waals surface area contributed by atoms with Gasteiger partial charge in [-0.2, -0.15) is 4.98 Å². The van der Waals surface area contributed by atoms with Crippen LogP contribution in [0.15, 0.2) is 4.42 Å². The van der Waals surface area contributed by atoms with Crippen molar-refractivity contribution in [2.24, 2.45) is 5.41 Å². The van der Waals surface area contributed by atoms with E-state index in [1.54, 1.807) is 4.90 Å². The molecule has 88 valence electrons. The first-order chi connectivity index (χ1) is 7.38. The van der Waals surface area contributed by atoms with Crippen LogP contribution in [0.4, 0.5) is 6.01 Å². The molecule has 5 nitrogen and oxygen atoms in total. The number of amides is 1. The van der Waals surface area contributed by atoms with E-state index in [2.05, 4.69) is 4.98 Å². The Bertz CT molecular complexity index is 417. The molecule has 0 aromatic carbocycles. The van der Waals surface area contributed by atoms with Crippen molar-refractivity contribution in [3.05, 3.63) is 11.5 Å². The summed E-state index contributed by atoms with van der Waals surface area (Å²) >= 11 is 0. The van der Waals surface area contributed by atoms with Crippen molar-refractivity contribution < 1.29 is 9.21 Å². The van der Waals surface area contributed by atoms with Gasteiger partial charge in [-0.1, -0.05) is 20.8 Å². The quantitative estimate of drug-likeness (QED) is 0.717. The Kier molecular flexibility index (Phi) is 2.40. The summed E-state index contributed by atoms with van der Waals surface area (Å²) in [6.07, 6.45) is 0.720. The van der Waals surface area contributed by atoms with E-state index < -0.39 is 0 Å². The highest BCUT2D eigenvalue weighted by Gasteiger charge is 2.31. The number of nitrogens with zero attached hydrogens (tertiary/aromatic N) is 2. The molecule has 0 aliphatic carbocycles. The highest BCUT2D eigenvalue weighted by molar-refractivity contribution is 5.81. The molecule has 0 atom stereocenters. The van der Waals surface area contributed by atoms with Gasteiger partial charge in [-0.3, -0.25) is 4.79 Å². The first-order valence-corrected chi connectivity index (χ1v) is 5.41. The minimum Gasteiger partial charge on any atom is -0.427 e. The lowest BCUT2D eigenvalue weighted by atomic mass is 9.94. The van der Waals surface area contributed by atoms with Crippen LogP contribution in [-0.4, -0.2) is 22.3 Å². The van der Waals surface area contributed by atoms with Gasteiger partial charge >= 0.3 is 0 Å². The molecule has 0 saturated heterocycles. The van der Waals surface area contributed by atoms with Gasteiger partial charge in [0.1, 0.15) is 5.76 Å². The summed E-state index contributed by atoms with van der Waals surface area (Å²) in [6.45, 7) is 6.92. The molecule has 0 fully saturated rings. The number of hydrogen-bond donors (Lipinski definition) is 1. The van der Waals surface area contributed by atoms with Crippen LogP contribution in [0.1, 0.15) is 32.2 Å². The highest BCUT2D eigenvalue weighted by atomic mass is 16.4. The summed E-state index contributed by atoms with van der Waals surface area (Å²) < 4.78 is 5.27. The van der Waals surface area contributed by atoms with Crippen LogP contribution < -0.4 is 5.73 Å². The second-order valence-electron chi connectivity index (χ2n) is 5.15. The maximum Gasteiger partial charge on any atom is 0.292 e. The van der Waals surface area contributed by atoms with E-state index in [0.29, 0.717) is 13.1 Å². The smallest absolute Gasteiger partial charge is 0.292 e. The SMILES string of the molecule is CC(C)(C)C(=O)N1CCc2nc(N)oc2C1. The number of nitrogen functional groups attached to an aromatic ring is 1. The summed E-state index contributed by atoms with van der Waals surface area (Å²) in [5.41, 5.74) is 6.01. The number of carbonyl (C=O) groups is 1. The molecule has 1 aromatic rings.